The van der Waals surface area contributed by atoms with Gasteiger partial charge in [0.2, 0.25) is 11.8 Å². The minimum atomic E-state index is -1.24. The Morgan fingerprint density at radius 2 is 1.86 bits per heavy atom. The summed E-state index contributed by atoms with van der Waals surface area (Å²) in [5.74, 6) is -0.787. The number of nitrogens with one attached hydrogen (secondary N) is 3. The van der Waals surface area contributed by atoms with Crippen molar-refractivity contribution in [3.05, 3.63) is 29.8 Å². The molecule has 1 aliphatic heterocycles. The van der Waals surface area contributed by atoms with Crippen LogP contribution < -0.4 is 20.7 Å². The van der Waals surface area contributed by atoms with Crippen molar-refractivity contribution in [1.29, 1.82) is 0 Å². The Hall–Kier alpha value is -3.10. The summed E-state index contributed by atoms with van der Waals surface area (Å²) < 4.78 is 5.13. The van der Waals surface area contributed by atoms with Gasteiger partial charge in [-0.1, -0.05) is 26.0 Å². The van der Waals surface area contributed by atoms with Crippen LogP contribution in [0.5, 0.6) is 5.75 Å². The Kier molecular flexibility index (Phi) is 7.19. The van der Waals surface area contributed by atoms with E-state index in [9.17, 15) is 19.2 Å². The van der Waals surface area contributed by atoms with Crippen LogP contribution in [-0.4, -0.2) is 54.9 Å². The van der Waals surface area contributed by atoms with Gasteiger partial charge in [-0.3, -0.25) is 19.3 Å². The number of hydrogen-bond donors (Lipinski definition) is 3. The average molecular weight is 404 g/mol. The highest BCUT2D eigenvalue weighted by Gasteiger charge is 2.51. The summed E-state index contributed by atoms with van der Waals surface area (Å²) in [5, 5.41) is 7.91. The van der Waals surface area contributed by atoms with Crippen molar-refractivity contribution in [2.75, 3.05) is 20.2 Å². The standard InChI is InChI=1S/C20H28N4O5/c1-5-11-21-17(26)13(3)22-16(25)12-24-18(27)20(6-2,23-19(24)28)14-7-9-15(29-4)10-8-14/h7-10,13H,5-6,11-12H2,1-4H3,(H,21,26)(H,22,25)(H,23,28)/t13-,20-/m1/s1. The minimum absolute atomic E-state index is 0.317. The number of benzene rings is 1. The fraction of sp³-hybridized carbons (Fsp3) is 0.500. The second kappa shape index (κ2) is 9.40. The van der Waals surface area contributed by atoms with Gasteiger partial charge in [0.05, 0.1) is 7.11 Å². The molecule has 1 aliphatic rings. The van der Waals surface area contributed by atoms with Crippen LogP contribution in [0.25, 0.3) is 0 Å². The molecule has 9 heteroatoms. The van der Waals surface area contributed by atoms with Crippen LogP contribution in [0.2, 0.25) is 0 Å². The molecule has 0 radical (unpaired) electrons. The first-order valence-electron chi connectivity index (χ1n) is 9.64. The van der Waals surface area contributed by atoms with E-state index in [1.54, 1.807) is 38.1 Å². The predicted molar refractivity (Wildman–Crippen MR) is 106 cm³/mol. The van der Waals surface area contributed by atoms with E-state index >= 15 is 0 Å². The summed E-state index contributed by atoms with van der Waals surface area (Å²) in [6, 6.07) is 5.42. The van der Waals surface area contributed by atoms with E-state index in [1.165, 1.54) is 7.11 Å². The lowest BCUT2D eigenvalue weighted by Crippen LogP contribution is -2.49. The number of rotatable bonds is 9. The van der Waals surface area contributed by atoms with E-state index in [1.807, 2.05) is 6.92 Å². The van der Waals surface area contributed by atoms with Crippen LogP contribution in [-0.2, 0) is 19.9 Å². The third-order valence-corrected chi connectivity index (χ3v) is 4.91. The molecule has 0 spiro atoms. The Morgan fingerprint density at radius 3 is 2.41 bits per heavy atom. The number of carbonyl (C=O) groups excluding carboxylic acids is 4. The van der Waals surface area contributed by atoms with Crippen molar-refractivity contribution in [2.45, 2.75) is 45.2 Å². The average Bonchev–Trinajstić information content (AvgIpc) is 2.96. The molecule has 0 aliphatic carbocycles. The highest BCUT2D eigenvalue weighted by molar-refractivity contribution is 6.09. The van der Waals surface area contributed by atoms with Gasteiger partial charge in [-0.2, -0.15) is 0 Å². The van der Waals surface area contributed by atoms with E-state index in [0.29, 0.717) is 24.3 Å². The van der Waals surface area contributed by atoms with Crippen LogP contribution in [0.4, 0.5) is 4.79 Å². The zero-order chi connectivity index (χ0) is 21.6. The molecule has 2 rings (SSSR count). The maximum absolute atomic E-state index is 13.1. The molecule has 29 heavy (non-hydrogen) atoms. The lowest BCUT2D eigenvalue weighted by Gasteiger charge is -2.26. The monoisotopic (exact) mass is 404 g/mol. The van der Waals surface area contributed by atoms with Gasteiger partial charge < -0.3 is 20.7 Å². The molecule has 0 aromatic heterocycles. The Bertz CT molecular complexity index is 780. The third kappa shape index (κ3) is 4.67. The van der Waals surface area contributed by atoms with E-state index in [4.69, 9.17) is 4.74 Å². The minimum Gasteiger partial charge on any atom is -0.497 e. The third-order valence-electron chi connectivity index (χ3n) is 4.91. The van der Waals surface area contributed by atoms with Crippen molar-refractivity contribution >= 4 is 23.8 Å². The summed E-state index contributed by atoms with van der Waals surface area (Å²) in [6.45, 7) is 5.29. The van der Waals surface area contributed by atoms with Crippen LogP contribution in [0.3, 0.4) is 0 Å². The first-order chi connectivity index (χ1) is 13.8. The molecular formula is C20H28N4O5. The van der Waals surface area contributed by atoms with Gasteiger partial charge in [0.15, 0.2) is 0 Å². The number of ether oxygens (including phenoxy) is 1. The van der Waals surface area contributed by atoms with Crippen LogP contribution in [0.1, 0.15) is 39.2 Å². The van der Waals surface area contributed by atoms with Gasteiger partial charge >= 0.3 is 6.03 Å². The number of nitrogens with zero attached hydrogens (tertiary/aromatic N) is 1. The number of urea groups is 1. The van der Waals surface area contributed by atoms with Gasteiger partial charge in [0.1, 0.15) is 23.9 Å². The maximum atomic E-state index is 13.1. The second-order valence-corrected chi connectivity index (χ2v) is 6.89. The number of imide groups is 1. The number of amides is 5. The number of carbonyl (C=O) groups is 4. The quantitative estimate of drug-likeness (QED) is 0.529. The first-order valence-corrected chi connectivity index (χ1v) is 9.64. The summed E-state index contributed by atoms with van der Waals surface area (Å²) >= 11 is 0. The van der Waals surface area contributed by atoms with Crippen molar-refractivity contribution in [3.8, 4) is 5.75 Å². The molecule has 0 bridgehead atoms. The Labute approximate surface area is 170 Å². The van der Waals surface area contributed by atoms with E-state index < -0.39 is 36.0 Å². The van der Waals surface area contributed by atoms with Crippen molar-refractivity contribution in [1.82, 2.24) is 20.9 Å². The highest BCUT2D eigenvalue weighted by atomic mass is 16.5. The van der Waals surface area contributed by atoms with Gasteiger partial charge in [-0.15, -0.1) is 0 Å². The Morgan fingerprint density at radius 1 is 1.21 bits per heavy atom. The van der Waals surface area contributed by atoms with Crippen LogP contribution in [0.15, 0.2) is 24.3 Å². The molecule has 9 nitrogen and oxygen atoms in total. The molecular weight excluding hydrogens is 376 g/mol. The molecule has 5 amide bonds. The summed E-state index contributed by atoms with van der Waals surface area (Å²) in [6.07, 6.45) is 1.09. The van der Waals surface area contributed by atoms with Crippen LogP contribution >= 0.6 is 0 Å². The molecule has 0 unspecified atom stereocenters. The first kappa shape index (κ1) is 22.2. The fourth-order valence-corrected chi connectivity index (χ4v) is 3.18. The summed E-state index contributed by atoms with van der Waals surface area (Å²) in [5.41, 5.74) is -0.636. The smallest absolute Gasteiger partial charge is 0.325 e. The molecule has 1 aromatic carbocycles. The SMILES string of the molecule is CCCNC(=O)[C@@H](C)NC(=O)CN1C(=O)N[C@](CC)(c2ccc(OC)cc2)C1=O. The van der Waals surface area contributed by atoms with Gasteiger partial charge in [0.25, 0.3) is 5.91 Å². The normalized spacial score (nSPS) is 19.5. The predicted octanol–water partition coefficient (Wildman–Crippen LogP) is 0.883. The topological polar surface area (TPSA) is 117 Å². The van der Waals surface area contributed by atoms with E-state index in [0.717, 1.165) is 11.3 Å². The van der Waals surface area contributed by atoms with Crippen LogP contribution in [0, 0.1) is 0 Å². The molecule has 3 N–H and O–H groups in total. The Balaban J connectivity index is 2.10. The number of hydrogen-bond acceptors (Lipinski definition) is 5. The van der Waals surface area contributed by atoms with Crippen molar-refractivity contribution in [3.63, 3.8) is 0 Å². The maximum Gasteiger partial charge on any atom is 0.325 e. The molecule has 0 saturated carbocycles. The highest BCUT2D eigenvalue weighted by Crippen LogP contribution is 2.33. The molecule has 158 valence electrons. The van der Waals surface area contributed by atoms with Crippen molar-refractivity contribution < 1.29 is 23.9 Å². The largest absolute Gasteiger partial charge is 0.497 e. The summed E-state index contributed by atoms with van der Waals surface area (Å²) in [7, 11) is 1.54. The molecule has 1 heterocycles. The van der Waals surface area contributed by atoms with Gasteiger partial charge in [0, 0.05) is 6.54 Å². The van der Waals surface area contributed by atoms with Gasteiger partial charge in [-0.25, -0.2) is 4.79 Å². The van der Waals surface area contributed by atoms with Crippen molar-refractivity contribution in [2.24, 2.45) is 0 Å². The van der Waals surface area contributed by atoms with E-state index in [-0.39, 0.29) is 5.91 Å². The molecule has 1 saturated heterocycles. The zero-order valence-corrected chi connectivity index (χ0v) is 17.2. The molecule has 1 aromatic rings. The molecule has 2 atom stereocenters. The molecule has 1 fully saturated rings. The second-order valence-electron chi connectivity index (χ2n) is 6.89. The summed E-state index contributed by atoms with van der Waals surface area (Å²) in [4.78, 5) is 50.6. The lowest BCUT2D eigenvalue weighted by atomic mass is 9.87. The zero-order valence-electron chi connectivity index (χ0n) is 17.2. The number of methoxy groups -OCH3 is 1. The lowest BCUT2D eigenvalue weighted by molar-refractivity contribution is -0.136. The van der Waals surface area contributed by atoms with E-state index in [2.05, 4.69) is 16.0 Å². The fourth-order valence-electron chi connectivity index (χ4n) is 3.18. The van der Waals surface area contributed by atoms with Gasteiger partial charge in [-0.05, 0) is 37.5 Å².